The predicted octanol–water partition coefficient (Wildman–Crippen LogP) is 2.61. The van der Waals surface area contributed by atoms with Gasteiger partial charge < -0.3 is 19.9 Å². The molecule has 0 bridgehead atoms. The highest BCUT2D eigenvalue weighted by atomic mass is 16.5. The molecule has 10 nitrogen and oxygen atoms in total. The summed E-state index contributed by atoms with van der Waals surface area (Å²) in [6.07, 6.45) is -0.610. The molecule has 2 amide bonds. The number of anilines is 1. The minimum Gasteiger partial charge on any atom is -0.479 e. The fourth-order valence-corrected chi connectivity index (χ4v) is 4.08. The molecule has 0 aliphatic heterocycles. The molecule has 1 atom stereocenters. The van der Waals surface area contributed by atoms with Crippen LogP contribution in [0.4, 0.5) is 10.5 Å². The molecule has 1 unspecified atom stereocenters. The van der Waals surface area contributed by atoms with Crippen molar-refractivity contribution in [3.63, 3.8) is 0 Å². The van der Waals surface area contributed by atoms with Gasteiger partial charge in [-0.05, 0) is 22.3 Å². The van der Waals surface area contributed by atoms with Gasteiger partial charge in [0.2, 0.25) is 0 Å². The third kappa shape index (κ3) is 4.48. The molecule has 3 N–H and O–H groups in total. The Kier molecular flexibility index (Phi) is 6.60. The zero-order chi connectivity index (χ0) is 24.2. The fourth-order valence-electron chi connectivity index (χ4n) is 4.08. The fraction of sp³-hybridized carbons (Fsp3) is 0.250. The molecule has 0 spiro atoms. The predicted molar refractivity (Wildman–Crippen MR) is 123 cm³/mol. The van der Waals surface area contributed by atoms with Crippen LogP contribution in [0, 0.1) is 0 Å². The van der Waals surface area contributed by atoms with Crippen molar-refractivity contribution in [1.82, 2.24) is 15.1 Å². The summed E-state index contributed by atoms with van der Waals surface area (Å²) in [4.78, 5) is 36.3. The highest BCUT2D eigenvalue weighted by Crippen LogP contribution is 2.44. The number of benzene rings is 2. The van der Waals surface area contributed by atoms with E-state index in [0.29, 0.717) is 0 Å². The number of hydrogen-bond donors (Lipinski definition) is 3. The number of amides is 2. The number of aromatic nitrogens is 2. The number of carbonyl (C=O) groups is 3. The highest BCUT2D eigenvalue weighted by molar-refractivity contribution is 6.01. The molecule has 4 rings (SSSR count). The Hall–Kier alpha value is -4.18. The van der Waals surface area contributed by atoms with Crippen LogP contribution in [0.1, 0.15) is 27.5 Å². The van der Waals surface area contributed by atoms with Gasteiger partial charge in [0.15, 0.2) is 6.10 Å². The quantitative estimate of drug-likeness (QED) is 0.467. The number of methoxy groups -OCH3 is 1. The van der Waals surface area contributed by atoms with Crippen molar-refractivity contribution in [2.24, 2.45) is 7.05 Å². The molecule has 10 heteroatoms. The van der Waals surface area contributed by atoms with Crippen molar-refractivity contribution in [3.8, 4) is 11.1 Å². The van der Waals surface area contributed by atoms with E-state index in [4.69, 9.17) is 14.6 Å². The van der Waals surface area contributed by atoms with Gasteiger partial charge in [-0.2, -0.15) is 5.10 Å². The van der Waals surface area contributed by atoms with E-state index in [1.54, 1.807) is 0 Å². The molecule has 1 aliphatic rings. The third-order valence-corrected chi connectivity index (χ3v) is 5.74. The summed E-state index contributed by atoms with van der Waals surface area (Å²) in [6.45, 7) is -0.129. The smallest absolute Gasteiger partial charge is 0.411 e. The largest absolute Gasteiger partial charge is 0.479 e. The maximum atomic E-state index is 12.6. The number of aryl methyl sites for hydroxylation is 1. The van der Waals surface area contributed by atoms with Gasteiger partial charge >= 0.3 is 12.1 Å². The summed E-state index contributed by atoms with van der Waals surface area (Å²) >= 11 is 0. The molecule has 1 aromatic heterocycles. The van der Waals surface area contributed by atoms with Gasteiger partial charge in [-0.25, -0.2) is 9.59 Å². The Balaban J connectivity index is 1.42. The summed E-state index contributed by atoms with van der Waals surface area (Å²) in [7, 11) is 2.77. The Morgan fingerprint density at radius 1 is 1.09 bits per heavy atom. The standard InChI is InChI=1S/C24H24N4O6/c1-28-21(22(29)25-12-20(33-2)23(30)31)19(11-26-28)27-24(32)34-13-18-16-9-5-3-7-14(16)15-8-4-6-10-17(15)18/h3-11,18,20H,12-13H2,1-2H3,(H,25,29)(H,27,32)(H,30,31). The number of hydrogen-bond acceptors (Lipinski definition) is 6. The maximum absolute atomic E-state index is 12.6. The van der Waals surface area contributed by atoms with E-state index >= 15 is 0 Å². The summed E-state index contributed by atoms with van der Waals surface area (Å²) in [5.74, 6) is -1.92. The monoisotopic (exact) mass is 464 g/mol. The Morgan fingerprint density at radius 2 is 1.71 bits per heavy atom. The number of fused-ring (bicyclic) bond motifs is 3. The van der Waals surface area contributed by atoms with Crippen LogP contribution in [0.3, 0.4) is 0 Å². The van der Waals surface area contributed by atoms with Crippen molar-refractivity contribution in [2.45, 2.75) is 12.0 Å². The van der Waals surface area contributed by atoms with Crippen LogP contribution in [0.25, 0.3) is 11.1 Å². The lowest BCUT2D eigenvalue weighted by molar-refractivity contribution is -0.148. The first-order chi connectivity index (χ1) is 16.4. The van der Waals surface area contributed by atoms with E-state index < -0.39 is 24.1 Å². The molecule has 3 aromatic rings. The second kappa shape index (κ2) is 9.75. The number of nitrogens with one attached hydrogen (secondary N) is 2. The highest BCUT2D eigenvalue weighted by Gasteiger charge is 2.29. The van der Waals surface area contributed by atoms with Crippen molar-refractivity contribution in [2.75, 3.05) is 25.6 Å². The molecule has 0 fully saturated rings. The second-order valence-corrected chi connectivity index (χ2v) is 7.75. The number of carboxylic acids is 1. The number of carbonyl (C=O) groups excluding carboxylic acids is 2. The molecule has 2 aromatic carbocycles. The van der Waals surface area contributed by atoms with Crippen LogP contribution in [0.2, 0.25) is 0 Å². The first-order valence-electron chi connectivity index (χ1n) is 10.6. The van der Waals surface area contributed by atoms with Crippen molar-refractivity contribution in [3.05, 3.63) is 71.5 Å². The summed E-state index contributed by atoms with van der Waals surface area (Å²) in [5.41, 5.74) is 4.60. The van der Waals surface area contributed by atoms with Gasteiger partial charge in [0.05, 0.1) is 18.4 Å². The van der Waals surface area contributed by atoms with E-state index in [1.165, 1.54) is 25.0 Å². The average Bonchev–Trinajstić information content (AvgIpc) is 3.35. The Morgan fingerprint density at radius 3 is 2.29 bits per heavy atom. The normalized spacial score (nSPS) is 13.0. The molecular formula is C24H24N4O6. The third-order valence-electron chi connectivity index (χ3n) is 5.74. The summed E-state index contributed by atoms with van der Waals surface area (Å²) < 4.78 is 11.6. The first kappa shape index (κ1) is 23.0. The molecule has 34 heavy (non-hydrogen) atoms. The lowest BCUT2D eigenvalue weighted by Gasteiger charge is -2.15. The number of nitrogens with zero attached hydrogens (tertiary/aromatic N) is 2. The van der Waals surface area contributed by atoms with Crippen LogP contribution in [0.15, 0.2) is 54.7 Å². The number of aliphatic carboxylic acids is 1. The molecule has 0 saturated carbocycles. The zero-order valence-corrected chi connectivity index (χ0v) is 18.6. The van der Waals surface area contributed by atoms with E-state index in [9.17, 15) is 14.4 Å². The maximum Gasteiger partial charge on any atom is 0.411 e. The molecular weight excluding hydrogens is 440 g/mol. The van der Waals surface area contributed by atoms with E-state index in [-0.39, 0.29) is 30.5 Å². The van der Waals surface area contributed by atoms with E-state index in [0.717, 1.165) is 22.3 Å². The van der Waals surface area contributed by atoms with Crippen molar-refractivity contribution >= 4 is 23.7 Å². The summed E-state index contributed by atoms with van der Waals surface area (Å²) in [5, 5.41) is 18.1. The van der Waals surface area contributed by atoms with Crippen molar-refractivity contribution < 1.29 is 29.0 Å². The van der Waals surface area contributed by atoms with Crippen LogP contribution in [0.5, 0.6) is 0 Å². The van der Waals surface area contributed by atoms with Gasteiger partial charge in [0, 0.05) is 20.1 Å². The molecule has 1 heterocycles. The molecule has 0 radical (unpaired) electrons. The van der Waals surface area contributed by atoms with E-state index in [1.807, 2.05) is 48.5 Å². The van der Waals surface area contributed by atoms with Crippen LogP contribution in [-0.2, 0) is 21.3 Å². The zero-order valence-electron chi connectivity index (χ0n) is 18.6. The molecule has 1 aliphatic carbocycles. The number of rotatable bonds is 8. The lowest BCUT2D eigenvalue weighted by Crippen LogP contribution is -2.38. The number of ether oxygens (including phenoxy) is 2. The first-order valence-corrected chi connectivity index (χ1v) is 10.6. The SMILES string of the molecule is COC(CNC(=O)c1c(NC(=O)OCC2c3ccccc3-c3ccccc32)cnn1C)C(=O)O. The van der Waals surface area contributed by atoms with Gasteiger partial charge in [0.25, 0.3) is 5.91 Å². The van der Waals surface area contributed by atoms with Crippen LogP contribution < -0.4 is 10.6 Å². The van der Waals surface area contributed by atoms with Gasteiger partial charge in [-0.1, -0.05) is 48.5 Å². The number of carboxylic acid groups (broad SMARTS) is 1. The topological polar surface area (TPSA) is 132 Å². The van der Waals surface area contributed by atoms with Gasteiger partial charge in [-0.3, -0.25) is 14.8 Å². The summed E-state index contributed by atoms with van der Waals surface area (Å²) in [6, 6.07) is 16.0. The van der Waals surface area contributed by atoms with Crippen LogP contribution in [-0.4, -0.2) is 59.2 Å². The minimum atomic E-state index is -1.20. The van der Waals surface area contributed by atoms with E-state index in [2.05, 4.69) is 15.7 Å². The second-order valence-electron chi connectivity index (χ2n) is 7.75. The molecule has 0 saturated heterocycles. The minimum absolute atomic E-state index is 0.0498. The Bertz CT molecular complexity index is 1190. The molecule has 176 valence electrons. The average molecular weight is 464 g/mol. The van der Waals surface area contributed by atoms with Crippen molar-refractivity contribution in [1.29, 1.82) is 0 Å². The lowest BCUT2D eigenvalue weighted by atomic mass is 9.98. The van der Waals surface area contributed by atoms with Gasteiger partial charge in [-0.15, -0.1) is 0 Å². The van der Waals surface area contributed by atoms with Crippen LogP contribution >= 0.6 is 0 Å². The van der Waals surface area contributed by atoms with Gasteiger partial charge in [0.1, 0.15) is 12.3 Å². The Labute approximate surface area is 195 Å².